The normalized spacial score (nSPS) is 10.8. The molecule has 1 aromatic carbocycles. The van der Waals surface area contributed by atoms with Crippen LogP contribution in [0, 0.1) is 13.8 Å². The van der Waals surface area contributed by atoms with Crippen molar-refractivity contribution in [2.24, 2.45) is 0 Å². The number of aliphatic hydroxyl groups is 1. The third-order valence-electron chi connectivity index (χ3n) is 2.47. The Kier molecular flexibility index (Phi) is 4.12. The molecule has 0 aliphatic carbocycles. The number of ether oxygens (including phenoxy) is 1. The van der Waals surface area contributed by atoms with E-state index in [0.717, 1.165) is 11.3 Å². The molecule has 0 spiro atoms. The zero-order valence-corrected chi connectivity index (χ0v) is 9.87. The average molecular weight is 209 g/mol. The second-order valence-corrected chi connectivity index (χ2v) is 3.92. The van der Waals surface area contributed by atoms with Gasteiger partial charge >= 0.3 is 0 Å². The molecule has 0 fully saturated rings. The lowest BCUT2D eigenvalue weighted by atomic mass is 10.0. The number of aryl methyl sites for hydroxylation is 2. The number of nitrogens with zero attached hydrogens (tertiary/aromatic N) is 1. The van der Waals surface area contributed by atoms with Crippen molar-refractivity contribution in [3.8, 4) is 5.75 Å². The molecule has 3 nitrogen and oxygen atoms in total. The second-order valence-electron chi connectivity index (χ2n) is 3.92. The van der Waals surface area contributed by atoms with Gasteiger partial charge in [0.25, 0.3) is 0 Å². The van der Waals surface area contributed by atoms with E-state index in [0.29, 0.717) is 6.54 Å². The molecular weight excluding hydrogens is 190 g/mol. The van der Waals surface area contributed by atoms with Crippen LogP contribution in [0.25, 0.3) is 0 Å². The van der Waals surface area contributed by atoms with Gasteiger partial charge in [0.15, 0.2) is 0 Å². The van der Waals surface area contributed by atoms with Gasteiger partial charge in [0.2, 0.25) is 0 Å². The monoisotopic (exact) mass is 209 g/mol. The smallest absolute Gasteiger partial charge is 0.123 e. The summed E-state index contributed by atoms with van der Waals surface area (Å²) in [5, 5.41) is 8.99. The molecule has 0 aromatic heterocycles. The number of hydrogen-bond donors (Lipinski definition) is 1. The van der Waals surface area contributed by atoms with Crippen LogP contribution in [-0.2, 0) is 6.54 Å². The van der Waals surface area contributed by atoms with Crippen molar-refractivity contribution in [3.63, 3.8) is 0 Å². The summed E-state index contributed by atoms with van der Waals surface area (Å²) in [5.74, 6) is 0.896. The molecule has 0 atom stereocenters. The predicted octanol–water partition coefficient (Wildman–Crippen LogP) is 1.69. The van der Waals surface area contributed by atoms with Gasteiger partial charge in [-0.15, -0.1) is 0 Å². The van der Waals surface area contributed by atoms with Crippen LogP contribution in [-0.4, -0.2) is 30.9 Å². The van der Waals surface area contributed by atoms with Crippen molar-refractivity contribution >= 4 is 0 Å². The quantitative estimate of drug-likeness (QED) is 0.766. The van der Waals surface area contributed by atoms with Crippen LogP contribution >= 0.6 is 0 Å². The summed E-state index contributed by atoms with van der Waals surface area (Å²) in [6.45, 7) is 4.87. The molecule has 0 heterocycles. The molecule has 0 aliphatic heterocycles. The van der Waals surface area contributed by atoms with Gasteiger partial charge in [0.05, 0.1) is 13.8 Å². The zero-order chi connectivity index (χ0) is 11.4. The summed E-state index contributed by atoms with van der Waals surface area (Å²) in [6, 6.07) is 4.15. The van der Waals surface area contributed by atoms with Crippen LogP contribution in [0.2, 0.25) is 0 Å². The molecule has 84 valence electrons. The van der Waals surface area contributed by atoms with Crippen molar-refractivity contribution in [1.82, 2.24) is 4.90 Å². The summed E-state index contributed by atoms with van der Waals surface area (Å²) in [6.07, 6.45) is 0. The van der Waals surface area contributed by atoms with Crippen LogP contribution in [0.1, 0.15) is 16.7 Å². The Hall–Kier alpha value is -1.06. The maximum absolute atomic E-state index is 8.99. The van der Waals surface area contributed by atoms with E-state index in [1.54, 1.807) is 7.11 Å². The zero-order valence-electron chi connectivity index (χ0n) is 9.87. The standard InChI is InChI=1S/C12H19NO2/c1-9-5-10(2)11(7-13(3)8-14)12(6-9)15-4/h5-6,14H,7-8H2,1-4H3. The van der Waals surface area contributed by atoms with Gasteiger partial charge in [-0.05, 0) is 38.1 Å². The van der Waals surface area contributed by atoms with Crippen molar-refractivity contribution in [1.29, 1.82) is 0 Å². The van der Waals surface area contributed by atoms with Crippen molar-refractivity contribution in [2.45, 2.75) is 20.4 Å². The van der Waals surface area contributed by atoms with Crippen LogP contribution < -0.4 is 4.74 Å². The van der Waals surface area contributed by atoms with Gasteiger partial charge < -0.3 is 9.84 Å². The van der Waals surface area contributed by atoms with Gasteiger partial charge in [0.1, 0.15) is 5.75 Å². The van der Waals surface area contributed by atoms with E-state index in [1.807, 2.05) is 18.0 Å². The Labute approximate surface area is 91.3 Å². The first-order valence-corrected chi connectivity index (χ1v) is 5.02. The minimum atomic E-state index is 0.0521. The predicted molar refractivity (Wildman–Crippen MR) is 61.0 cm³/mol. The first kappa shape index (κ1) is 12.0. The lowest BCUT2D eigenvalue weighted by Crippen LogP contribution is -2.19. The number of aliphatic hydroxyl groups excluding tert-OH is 1. The van der Waals surface area contributed by atoms with E-state index in [2.05, 4.69) is 19.9 Å². The average Bonchev–Trinajstić information content (AvgIpc) is 2.21. The summed E-state index contributed by atoms with van der Waals surface area (Å²) in [7, 11) is 3.55. The molecule has 1 N–H and O–H groups in total. The van der Waals surface area contributed by atoms with Crippen LogP contribution in [0.4, 0.5) is 0 Å². The number of methoxy groups -OCH3 is 1. The van der Waals surface area contributed by atoms with Crippen molar-refractivity contribution < 1.29 is 9.84 Å². The minimum absolute atomic E-state index is 0.0521. The summed E-state index contributed by atoms with van der Waals surface area (Å²) >= 11 is 0. The van der Waals surface area contributed by atoms with Crippen LogP contribution in [0.3, 0.4) is 0 Å². The van der Waals surface area contributed by atoms with E-state index in [1.165, 1.54) is 11.1 Å². The SMILES string of the molecule is COc1cc(C)cc(C)c1CN(C)CO. The molecule has 1 aromatic rings. The number of hydrogen-bond acceptors (Lipinski definition) is 3. The van der Waals surface area contributed by atoms with Gasteiger partial charge in [0, 0.05) is 12.1 Å². The third-order valence-corrected chi connectivity index (χ3v) is 2.47. The maximum atomic E-state index is 8.99. The second kappa shape index (κ2) is 5.14. The summed E-state index contributed by atoms with van der Waals surface area (Å²) in [5.41, 5.74) is 3.53. The van der Waals surface area contributed by atoms with Gasteiger partial charge in [-0.3, -0.25) is 4.90 Å². The largest absolute Gasteiger partial charge is 0.496 e. The topological polar surface area (TPSA) is 32.7 Å². The highest BCUT2D eigenvalue weighted by Crippen LogP contribution is 2.25. The number of rotatable bonds is 4. The van der Waals surface area contributed by atoms with Crippen molar-refractivity contribution in [3.05, 3.63) is 28.8 Å². The maximum Gasteiger partial charge on any atom is 0.123 e. The molecule has 0 saturated heterocycles. The van der Waals surface area contributed by atoms with E-state index in [-0.39, 0.29) is 6.73 Å². The fourth-order valence-corrected chi connectivity index (χ4v) is 1.66. The molecule has 0 amide bonds. The third kappa shape index (κ3) is 2.94. The molecule has 0 saturated carbocycles. The first-order valence-electron chi connectivity index (χ1n) is 5.02. The number of benzene rings is 1. The first-order chi connectivity index (χ1) is 7.08. The molecule has 1 rings (SSSR count). The van der Waals surface area contributed by atoms with Gasteiger partial charge in [-0.25, -0.2) is 0 Å². The molecule has 15 heavy (non-hydrogen) atoms. The van der Waals surface area contributed by atoms with E-state index in [4.69, 9.17) is 9.84 Å². The van der Waals surface area contributed by atoms with Gasteiger partial charge in [-0.2, -0.15) is 0 Å². The highest BCUT2D eigenvalue weighted by atomic mass is 16.5. The highest BCUT2D eigenvalue weighted by molar-refractivity contribution is 5.42. The molecule has 0 aliphatic rings. The van der Waals surface area contributed by atoms with E-state index >= 15 is 0 Å². The molecule has 0 bridgehead atoms. The Morgan fingerprint density at radius 2 is 2.00 bits per heavy atom. The Morgan fingerprint density at radius 3 is 2.53 bits per heavy atom. The lowest BCUT2D eigenvalue weighted by molar-refractivity contribution is 0.126. The molecular formula is C12H19NO2. The molecule has 0 radical (unpaired) electrons. The van der Waals surface area contributed by atoms with Gasteiger partial charge in [-0.1, -0.05) is 6.07 Å². The van der Waals surface area contributed by atoms with Crippen LogP contribution in [0.15, 0.2) is 12.1 Å². The fraction of sp³-hybridized carbons (Fsp3) is 0.500. The minimum Gasteiger partial charge on any atom is -0.496 e. The fourth-order valence-electron chi connectivity index (χ4n) is 1.66. The molecule has 0 unspecified atom stereocenters. The summed E-state index contributed by atoms with van der Waals surface area (Å²) < 4.78 is 5.34. The summed E-state index contributed by atoms with van der Waals surface area (Å²) in [4.78, 5) is 1.83. The van der Waals surface area contributed by atoms with E-state index in [9.17, 15) is 0 Å². The van der Waals surface area contributed by atoms with Crippen molar-refractivity contribution in [2.75, 3.05) is 20.9 Å². The Balaban J connectivity index is 3.04. The molecule has 3 heteroatoms. The Morgan fingerprint density at radius 1 is 1.33 bits per heavy atom. The Bertz CT molecular complexity index is 337. The van der Waals surface area contributed by atoms with E-state index < -0.39 is 0 Å². The van der Waals surface area contributed by atoms with Crippen LogP contribution in [0.5, 0.6) is 5.75 Å². The lowest BCUT2D eigenvalue weighted by Gasteiger charge is -2.18. The highest BCUT2D eigenvalue weighted by Gasteiger charge is 2.09.